The van der Waals surface area contributed by atoms with E-state index >= 15 is 0 Å². The zero-order valence-electron chi connectivity index (χ0n) is 11.1. The van der Waals surface area contributed by atoms with Crippen molar-refractivity contribution in [2.75, 3.05) is 6.61 Å². The van der Waals surface area contributed by atoms with Gasteiger partial charge in [0.2, 0.25) is 0 Å². The maximum atomic E-state index is 11.3. The van der Waals surface area contributed by atoms with Crippen molar-refractivity contribution in [2.24, 2.45) is 5.41 Å². The van der Waals surface area contributed by atoms with Gasteiger partial charge in [-0.1, -0.05) is 26.3 Å². The Balaban J connectivity index is 2.46. The number of rotatable bonds is 4. The van der Waals surface area contributed by atoms with Gasteiger partial charge in [-0.25, -0.2) is 0 Å². The zero-order valence-corrected chi connectivity index (χ0v) is 11.1. The summed E-state index contributed by atoms with van der Waals surface area (Å²) in [6.45, 7) is 9.28. The molecule has 1 aliphatic carbocycles. The van der Waals surface area contributed by atoms with Crippen LogP contribution in [0.2, 0.25) is 0 Å². The minimum absolute atomic E-state index is 0.0624. The van der Waals surface area contributed by atoms with Crippen LogP contribution in [0.1, 0.15) is 59.8 Å². The first-order valence-electron chi connectivity index (χ1n) is 6.28. The summed E-state index contributed by atoms with van der Waals surface area (Å²) in [5.74, 6) is -0.0624. The molecule has 0 saturated carbocycles. The van der Waals surface area contributed by atoms with Crippen molar-refractivity contribution < 1.29 is 9.53 Å². The molecule has 0 saturated heterocycles. The quantitative estimate of drug-likeness (QED) is 0.535. The lowest BCUT2D eigenvalue weighted by Gasteiger charge is -2.31. The molecule has 0 atom stereocenters. The highest BCUT2D eigenvalue weighted by molar-refractivity contribution is 5.69. The van der Waals surface area contributed by atoms with Crippen LogP contribution in [0.15, 0.2) is 11.1 Å². The summed E-state index contributed by atoms with van der Waals surface area (Å²) in [6, 6.07) is 0. The minimum atomic E-state index is -0.0624. The second kappa shape index (κ2) is 5.51. The van der Waals surface area contributed by atoms with Gasteiger partial charge < -0.3 is 4.74 Å². The number of hydrogen-bond donors (Lipinski definition) is 0. The van der Waals surface area contributed by atoms with Crippen molar-refractivity contribution >= 4 is 5.97 Å². The van der Waals surface area contributed by atoms with Gasteiger partial charge in [0.25, 0.3) is 0 Å². The Kier molecular flexibility index (Phi) is 4.57. The number of esters is 1. The van der Waals surface area contributed by atoms with E-state index in [1.165, 1.54) is 17.6 Å². The first-order chi connectivity index (χ1) is 7.44. The fourth-order valence-electron chi connectivity index (χ4n) is 2.27. The monoisotopic (exact) mass is 224 g/mol. The Hall–Kier alpha value is -0.790. The number of hydrogen-bond acceptors (Lipinski definition) is 2. The first-order valence-corrected chi connectivity index (χ1v) is 6.28. The van der Waals surface area contributed by atoms with Crippen LogP contribution in [-0.2, 0) is 9.53 Å². The normalized spacial score (nSPS) is 19.8. The Labute approximate surface area is 99.1 Å². The van der Waals surface area contributed by atoms with E-state index in [0.29, 0.717) is 18.4 Å². The molecule has 0 aromatic rings. The van der Waals surface area contributed by atoms with E-state index in [1.54, 1.807) is 0 Å². The largest absolute Gasteiger partial charge is 0.461 e. The molecular weight excluding hydrogens is 200 g/mol. The van der Waals surface area contributed by atoms with Gasteiger partial charge in [0.15, 0.2) is 0 Å². The lowest BCUT2D eigenvalue weighted by Crippen LogP contribution is -2.20. The molecule has 2 nitrogen and oxygen atoms in total. The maximum absolute atomic E-state index is 11.3. The summed E-state index contributed by atoms with van der Waals surface area (Å²) >= 11 is 0. The molecule has 0 unspecified atom stereocenters. The maximum Gasteiger partial charge on any atom is 0.306 e. The van der Waals surface area contributed by atoms with E-state index in [4.69, 9.17) is 4.74 Å². The third kappa shape index (κ3) is 3.99. The Morgan fingerprint density at radius 2 is 2.12 bits per heavy atom. The van der Waals surface area contributed by atoms with Crippen molar-refractivity contribution in [3.05, 3.63) is 11.1 Å². The van der Waals surface area contributed by atoms with Crippen LogP contribution >= 0.6 is 0 Å². The summed E-state index contributed by atoms with van der Waals surface area (Å²) in [4.78, 5) is 11.3. The molecule has 92 valence electrons. The molecule has 0 heterocycles. The number of carbonyl (C=O) groups excluding carboxylic acids is 1. The molecule has 0 fully saturated rings. The van der Waals surface area contributed by atoms with E-state index in [1.807, 2.05) is 6.92 Å². The average Bonchev–Trinajstić information content (AvgIpc) is 2.15. The van der Waals surface area contributed by atoms with Gasteiger partial charge in [0.1, 0.15) is 6.61 Å². The summed E-state index contributed by atoms with van der Waals surface area (Å²) in [7, 11) is 0. The first kappa shape index (κ1) is 13.3. The number of carbonyl (C=O) groups is 1. The molecule has 1 rings (SSSR count). The van der Waals surface area contributed by atoms with Crippen LogP contribution in [0.3, 0.4) is 0 Å². The van der Waals surface area contributed by atoms with E-state index in [-0.39, 0.29) is 5.97 Å². The van der Waals surface area contributed by atoms with Crippen molar-refractivity contribution in [3.63, 3.8) is 0 Å². The van der Waals surface area contributed by atoms with Crippen LogP contribution in [0.4, 0.5) is 0 Å². The highest BCUT2D eigenvalue weighted by Gasteiger charge is 2.25. The van der Waals surface area contributed by atoms with Crippen LogP contribution in [0.5, 0.6) is 0 Å². The van der Waals surface area contributed by atoms with Crippen LogP contribution in [-0.4, -0.2) is 12.6 Å². The van der Waals surface area contributed by atoms with Gasteiger partial charge in [-0.15, -0.1) is 0 Å². The third-order valence-electron chi connectivity index (χ3n) is 3.31. The molecule has 0 aromatic carbocycles. The molecule has 0 N–H and O–H groups in total. The van der Waals surface area contributed by atoms with E-state index in [0.717, 1.165) is 19.3 Å². The molecule has 0 spiro atoms. The Bertz CT molecular complexity index is 287. The van der Waals surface area contributed by atoms with Gasteiger partial charge in [-0.05, 0) is 43.6 Å². The van der Waals surface area contributed by atoms with Gasteiger partial charge in [0, 0.05) is 6.42 Å². The summed E-state index contributed by atoms with van der Waals surface area (Å²) in [5, 5.41) is 0. The summed E-state index contributed by atoms with van der Waals surface area (Å²) < 4.78 is 5.26. The average molecular weight is 224 g/mol. The molecule has 16 heavy (non-hydrogen) atoms. The Morgan fingerprint density at radius 3 is 2.69 bits per heavy atom. The van der Waals surface area contributed by atoms with E-state index in [9.17, 15) is 4.79 Å². The predicted octanol–water partition coefficient (Wildman–Crippen LogP) is 3.86. The molecule has 2 heteroatoms. The SMILES string of the molecule is CCCC(=O)OCC1=C(C)CC(C)(C)CC1. The standard InChI is InChI=1S/C14H24O2/c1-5-6-13(15)16-10-12-7-8-14(3,4)9-11(12)2/h5-10H2,1-4H3. The predicted molar refractivity (Wildman–Crippen MR) is 66.2 cm³/mol. The molecule has 0 radical (unpaired) electrons. The highest BCUT2D eigenvalue weighted by atomic mass is 16.5. The fourth-order valence-corrected chi connectivity index (χ4v) is 2.27. The molecular formula is C14H24O2. The number of ether oxygens (including phenoxy) is 1. The molecule has 1 aliphatic rings. The fraction of sp³-hybridized carbons (Fsp3) is 0.786. The van der Waals surface area contributed by atoms with Gasteiger partial charge in [0.05, 0.1) is 0 Å². The highest BCUT2D eigenvalue weighted by Crippen LogP contribution is 2.38. The van der Waals surface area contributed by atoms with Crippen molar-refractivity contribution in [1.29, 1.82) is 0 Å². The molecule has 0 bridgehead atoms. The summed E-state index contributed by atoms with van der Waals surface area (Å²) in [6.07, 6.45) is 4.82. The summed E-state index contributed by atoms with van der Waals surface area (Å²) in [5.41, 5.74) is 3.17. The van der Waals surface area contributed by atoms with E-state index in [2.05, 4.69) is 20.8 Å². The second-order valence-corrected chi connectivity index (χ2v) is 5.64. The molecule has 0 aromatic heterocycles. The second-order valence-electron chi connectivity index (χ2n) is 5.64. The van der Waals surface area contributed by atoms with Gasteiger partial charge in [-0.3, -0.25) is 4.79 Å². The number of allylic oxidation sites excluding steroid dienone is 1. The van der Waals surface area contributed by atoms with Gasteiger partial charge >= 0.3 is 5.97 Å². The van der Waals surface area contributed by atoms with Crippen LogP contribution in [0, 0.1) is 5.41 Å². The zero-order chi connectivity index (χ0) is 12.2. The Morgan fingerprint density at radius 1 is 1.44 bits per heavy atom. The molecule has 0 aliphatic heterocycles. The van der Waals surface area contributed by atoms with Crippen molar-refractivity contribution in [2.45, 2.75) is 59.8 Å². The lowest BCUT2D eigenvalue weighted by molar-refractivity contribution is -0.142. The van der Waals surface area contributed by atoms with Crippen LogP contribution < -0.4 is 0 Å². The minimum Gasteiger partial charge on any atom is -0.461 e. The van der Waals surface area contributed by atoms with Crippen molar-refractivity contribution in [1.82, 2.24) is 0 Å². The lowest BCUT2D eigenvalue weighted by atomic mass is 9.75. The molecule has 0 amide bonds. The van der Waals surface area contributed by atoms with Gasteiger partial charge in [-0.2, -0.15) is 0 Å². The smallest absolute Gasteiger partial charge is 0.306 e. The van der Waals surface area contributed by atoms with Crippen molar-refractivity contribution in [3.8, 4) is 0 Å². The van der Waals surface area contributed by atoms with E-state index < -0.39 is 0 Å². The third-order valence-corrected chi connectivity index (χ3v) is 3.31. The topological polar surface area (TPSA) is 26.3 Å². The van der Waals surface area contributed by atoms with Crippen LogP contribution in [0.25, 0.3) is 0 Å².